The highest BCUT2D eigenvalue weighted by Crippen LogP contribution is 2.29. The highest BCUT2D eigenvalue weighted by atomic mass is 32.1. The van der Waals surface area contributed by atoms with Gasteiger partial charge in [0, 0.05) is 24.5 Å². The van der Waals surface area contributed by atoms with Gasteiger partial charge >= 0.3 is 0 Å². The smallest absolute Gasteiger partial charge is 0.0897 e. The first-order chi connectivity index (χ1) is 8.08. The van der Waals surface area contributed by atoms with Crippen LogP contribution in [0.25, 0.3) is 0 Å². The Hall–Kier alpha value is -0.450. The normalized spacial score (nSPS) is 23.8. The van der Waals surface area contributed by atoms with E-state index in [2.05, 4.69) is 41.8 Å². The summed E-state index contributed by atoms with van der Waals surface area (Å²) in [5.74, 6) is 0. The molecule has 0 aromatic carbocycles. The highest BCUT2D eigenvalue weighted by Gasteiger charge is 2.31. The SMILES string of the molecule is Cc1nc(CNCC2NCCCC2(C)C)cs1. The van der Waals surface area contributed by atoms with E-state index in [1.165, 1.54) is 18.5 Å². The predicted molar refractivity (Wildman–Crippen MR) is 73.4 cm³/mol. The molecule has 0 bridgehead atoms. The molecule has 17 heavy (non-hydrogen) atoms. The van der Waals surface area contributed by atoms with Crippen molar-refractivity contribution in [3.8, 4) is 0 Å². The van der Waals surface area contributed by atoms with Crippen LogP contribution in [0.3, 0.4) is 0 Å². The summed E-state index contributed by atoms with van der Waals surface area (Å²) in [6, 6.07) is 0.580. The first-order valence-electron chi connectivity index (χ1n) is 6.43. The van der Waals surface area contributed by atoms with Crippen molar-refractivity contribution < 1.29 is 0 Å². The number of rotatable bonds is 4. The first-order valence-corrected chi connectivity index (χ1v) is 7.31. The van der Waals surface area contributed by atoms with E-state index in [-0.39, 0.29) is 0 Å². The third kappa shape index (κ3) is 3.50. The molecule has 1 saturated heterocycles. The maximum atomic E-state index is 4.47. The second kappa shape index (κ2) is 5.46. The molecule has 0 saturated carbocycles. The average molecular weight is 253 g/mol. The molecule has 0 spiro atoms. The van der Waals surface area contributed by atoms with E-state index in [1.807, 2.05) is 0 Å². The maximum Gasteiger partial charge on any atom is 0.0897 e. The predicted octanol–water partition coefficient (Wildman–Crippen LogP) is 2.32. The summed E-state index contributed by atoms with van der Waals surface area (Å²) in [6.45, 7) is 9.85. The Morgan fingerprint density at radius 2 is 2.41 bits per heavy atom. The number of hydrogen-bond acceptors (Lipinski definition) is 4. The van der Waals surface area contributed by atoms with E-state index in [0.717, 1.165) is 24.6 Å². The number of hydrogen-bond donors (Lipinski definition) is 2. The molecular formula is C13H23N3S. The van der Waals surface area contributed by atoms with Crippen LogP contribution in [0.4, 0.5) is 0 Å². The third-order valence-corrected chi connectivity index (χ3v) is 4.48. The quantitative estimate of drug-likeness (QED) is 0.864. The van der Waals surface area contributed by atoms with Gasteiger partial charge in [0.2, 0.25) is 0 Å². The van der Waals surface area contributed by atoms with Gasteiger partial charge < -0.3 is 10.6 Å². The summed E-state index contributed by atoms with van der Waals surface area (Å²) in [4.78, 5) is 4.47. The molecule has 1 aromatic heterocycles. The Kier molecular flexibility index (Phi) is 4.17. The van der Waals surface area contributed by atoms with Crippen LogP contribution < -0.4 is 10.6 Å². The van der Waals surface area contributed by atoms with E-state index in [4.69, 9.17) is 0 Å². The molecule has 1 aliphatic rings. The second-order valence-corrected chi connectivity index (χ2v) is 6.65. The minimum Gasteiger partial charge on any atom is -0.312 e. The van der Waals surface area contributed by atoms with Gasteiger partial charge in [0.15, 0.2) is 0 Å². The zero-order valence-electron chi connectivity index (χ0n) is 11.0. The van der Waals surface area contributed by atoms with Crippen LogP contribution >= 0.6 is 11.3 Å². The Morgan fingerprint density at radius 1 is 1.59 bits per heavy atom. The van der Waals surface area contributed by atoms with Crippen molar-refractivity contribution in [1.29, 1.82) is 0 Å². The Morgan fingerprint density at radius 3 is 3.06 bits per heavy atom. The van der Waals surface area contributed by atoms with E-state index in [9.17, 15) is 0 Å². The fourth-order valence-corrected chi connectivity index (χ4v) is 3.07. The third-order valence-electron chi connectivity index (χ3n) is 3.65. The summed E-state index contributed by atoms with van der Waals surface area (Å²) >= 11 is 1.72. The molecule has 2 rings (SSSR count). The van der Waals surface area contributed by atoms with Crippen LogP contribution in [-0.2, 0) is 6.54 Å². The minimum absolute atomic E-state index is 0.406. The molecule has 3 nitrogen and oxygen atoms in total. The van der Waals surface area contributed by atoms with Gasteiger partial charge in [-0.2, -0.15) is 0 Å². The number of nitrogens with zero attached hydrogens (tertiary/aromatic N) is 1. The van der Waals surface area contributed by atoms with Crippen molar-refractivity contribution in [2.45, 2.75) is 46.2 Å². The van der Waals surface area contributed by atoms with Crippen LogP contribution in [-0.4, -0.2) is 24.1 Å². The van der Waals surface area contributed by atoms with Crippen molar-refractivity contribution >= 4 is 11.3 Å². The lowest BCUT2D eigenvalue weighted by atomic mass is 9.77. The van der Waals surface area contributed by atoms with Crippen LogP contribution in [0.15, 0.2) is 5.38 Å². The van der Waals surface area contributed by atoms with E-state index in [1.54, 1.807) is 11.3 Å². The van der Waals surface area contributed by atoms with Crippen molar-refractivity contribution in [3.05, 3.63) is 16.1 Å². The van der Waals surface area contributed by atoms with Gasteiger partial charge in [-0.15, -0.1) is 11.3 Å². The van der Waals surface area contributed by atoms with Gasteiger partial charge in [-0.25, -0.2) is 4.98 Å². The molecule has 4 heteroatoms. The monoisotopic (exact) mass is 253 g/mol. The zero-order valence-corrected chi connectivity index (χ0v) is 11.9. The van der Waals surface area contributed by atoms with Crippen molar-refractivity contribution in [2.75, 3.05) is 13.1 Å². The van der Waals surface area contributed by atoms with Gasteiger partial charge in [-0.1, -0.05) is 13.8 Å². The van der Waals surface area contributed by atoms with Crippen molar-refractivity contribution in [3.63, 3.8) is 0 Å². The Bertz CT molecular complexity index is 359. The number of nitrogens with one attached hydrogen (secondary N) is 2. The highest BCUT2D eigenvalue weighted by molar-refractivity contribution is 7.09. The molecule has 96 valence electrons. The van der Waals surface area contributed by atoms with Gasteiger partial charge in [0.25, 0.3) is 0 Å². The molecule has 1 aromatic rings. The molecule has 0 radical (unpaired) electrons. The molecule has 2 N–H and O–H groups in total. The fraction of sp³-hybridized carbons (Fsp3) is 0.769. The van der Waals surface area contributed by atoms with Crippen LogP contribution in [0.1, 0.15) is 37.4 Å². The van der Waals surface area contributed by atoms with E-state index < -0.39 is 0 Å². The molecule has 2 heterocycles. The number of piperidine rings is 1. The second-order valence-electron chi connectivity index (χ2n) is 5.59. The summed E-state index contributed by atoms with van der Waals surface area (Å²) in [5.41, 5.74) is 1.57. The van der Waals surface area contributed by atoms with Crippen LogP contribution in [0, 0.1) is 12.3 Å². The molecule has 0 aliphatic carbocycles. The van der Waals surface area contributed by atoms with Gasteiger partial charge in [0.1, 0.15) is 0 Å². The largest absolute Gasteiger partial charge is 0.312 e. The molecule has 1 atom stereocenters. The van der Waals surface area contributed by atoms with E-state index in [0.29, 0.717) is 11.5 Å². The van der Waals surface area contributed by atoms with E-state index >= 15 is 0 Å². The van der Waals surface area contributed by atoms with Crippen LogP contribution in [0.5, 0.6) is 0 Å². The topological polar surface area (TPSA) is 37.0 Å². The lowest BCUT2D eigenvalue weighted by molar-refractivity contribution is 0.176. The first kappa shape index (κ1) is 13.0. The number of aromatic nitrogens is 1. The number of thiazole rings is 1. The Balaban J connectivity index is 1.77. The average Bonchev–Trinajstić information content (AvgIpc) is 2.67. The van der Waals surface area contributed by atoms with Gasteiger partial charge in [-0.3, -0.25) is 0 Å². The van der Waals surface area contributed by atoms with Crippen LogP contribution in [0.2, 0.25) is 0 Å². The molecule has 1 fully saturated rings. The van der Waals surface area contributed by atoms with Gasteiger partial charge in [0.05, 0.1) is 10.7 Å². The summed E-state index contributed by atoms with van der Waals surface area (Å²) in [7, 11) is 0. The zero-order chi connectivity index (χ0) is 12.3. The molecule has 1 unspecified atom stereocenters. The standard InChI is InChI=1S/C13H23N3S/c1-10-16-11(9-17-10)7-14-8-12-13(2,3)5-4-6-15-12/h9,12,14-15H,4-8H2,1-3H3. The van der Waals surface area contributed by atoms with Gasteiger partial charge in [-0.05, 0) is 31.7 Å². The molecule has 1 aliphatic heterocycles. The minimum atomic E-state index is 0.406. The lowest BCUT2D eigenvalue weighted by Crippen LogP contribution is -2.51. The summed E-state index contributed by atoms with van der Waals surface area (Å²) in [6.07, 6.45) is 2.62. The Labute approximate surface area is 108 Å². The summed E-state index contributed by atoms with van der Waals surface area (Å²) in [5, 5.41) is 10.4. The fourth-order valence-electron chi connectivity index (χ4n) is 2.45. The van der Waals surface area contributed by atoms with Crippen molar-refractivity contribution in [2.24, 2.45) is 5.41 Å². The maximum absolute atomic E-state index is 4.47. The summed E-state index contributed by atoms with van der Waals surface area (Å²) < 4.78 is 0. The van der Waals surface area contributed by atoms with Crippen molar-refractivity contribution in [1.82, 2.24) is 15.6 Å². The molecule has 0 amide bonds. The lowest BCUT2D eigenvalue weighted by Gasteiger charge is -2.39. The molecular weight excluding hydrogens is 230 g/mol. The number of aryl methyl sites for hydroxylation is 1.